The quantitative estimate of drug-likeness (QED) is 0.869. The van der Waals surface area contributed by atoms with E-state index in [9.17, 15) is 0 Å². The summed E-state index contributed by atoms with van der Waals surface area (Å²) in [5, 5.41) is 0. The Morgan fingerprint density at radius 3 is 2.89 bits per heavy atom. The molecule has 1 atom stereocenters. The number of likely N-dealkylation sites (N-methyl/N-ethyl adjacent to an activating group) is 2. The number of rotatable bonds is 2. The fourth-order valence-electron chi connectivity index (χ4n) is 2.80. The van der Waals surface area contributed by atoms with Crippen LogP contribution in [0, 0.1) is 0 Å². The number of nitrogens with zero attached hydrogens (tertiary/aromatic N) is 4. The maximum Gasteiger partial charge on any atom is 0.201 e. The van der Waals surface area contributed by atoms with Gasteiger partial charge in [-0.05, 0) is 26.2 Å². The Morgan fingerprint density at radius 1 is 1.26 bits per heavy atom. The van der Waals surface area contributed by atoms with Crippen LogP contribution >= 0.6 is 0 Å². The lowest BCUT2D eigenvalue weighted by atomic mass is 10.2. The molecule has 0 saturated carbocycles. The average molecular weight is 259 g/mol. The molecule has 0 radical (unpaired) electrons. The summed E-state index contributed by atoms with van der Waals surface area (Å²) in [5.41, 5.74) is 8.18. The van der Waals surface area contributed by atoms with Gasteiger partial charge in [-0.3, -0.25) is 4.90 Å². The van der Waals surface area contributed by atoms with Crippen molar-refractivity contribution in [2.24, 2.45) is 0 Å². The Hall–Kier alpha value is -1.59. The van der Waals surface area contributed by atoms with E-state index in [4.69, 9.17) is 5.73 Å². The Bertz CT molecular complexity index is 576. The van der Waals surface area contributed by atoms with Gasteiger partial charge in [0.25, 0.3) is 0 Å². The molecule has 3 rings (SSSR count). The van der Waals surface area contributed by atoms with Crippen molar-refractivity contribution < 1.29 is 0 Å². The van der Waals surface area contributed by atoms with E-state index in [0.717, 1.165) is 37.2 Å². The predicted molar refractivity (Wildman–Crippen MR) is 78.1 cm³/mol. The topological polar surface area (TPSA) is 50.3 Å². The first-order valence-electron chi connectivity index (χ1n) is 6.74. The van der Waals surface area contributed by atoms with Crippen molar-refractivity contribution in [3.63, 3.8) is 0 Å². The molecule has 1 aromatic heterocycles. The zero-order valence-electron chi connectivity index (χ0n) is 11.6. The van der Waals surface area contributed by atoms with Crippen LogP contribution in [0.3, 0.4) is 0 Å². The molecular formula is C14H21N5. The van der Waals surface area contributed by atoms with Crippen molar-refractivity contribution in [3.8, 4) is 0 Å². The van der Waals surface area contributed by atoms with Crippen molar-refractivity contribution >= 4 is 17.0 Å². The van der Waals surface area contributed by atoms with Gasteiger partial charge in [-0.2, -0.15) is 0 Å². The maximum atomic E-state index is 6.07. The highest BCUT2D eigenvalue weighted by Crippen LogP contribution is 2.19. The molecule has 1 unspecified atom stereocenters. The third-order valence-corrected chi connectivity index (χ3v) is 4.06. The monoisotopic (exact) mass is 259 g/mol. The van der Waals surface area contributed by atoms with Gasteiger partial charge < -0.3 is 15.2 Å². The first-order chi connectivity index (χ1) is 9.15. The molecule has 1 aliphatic rings. The van der Waals surface area contributed by atoms with Crippen LogP contribution in [0.4, 0.5) is 5.95 Å². The van der Waals surface area contributed by atoms with Gasteiger partial charge >= 0.3 is 0 Å². The fourth-order valence-corrected chi connectivity index (χ4v) is 2.80. The second-order valence-corrected chi connectivity index (χ2v) is 5.47. The summed E-state index contributed by atoms with van der Waals surface area (Å²) in [5.74, 6) is 0.614. The lowest BCUT2D eigenvalue weighted by Crippen LogP contribution is -2.51. The summed E-state index contributed by atoms with van der Waals surface area (Å²) >= 11 is 0. The maximum absolute atomic E-state index is 6.07. The number of para-hydroxylation sites is 2. The van der Waals surface area contributed by atoms with Crippen LogP contribution in [0.5, 0.6) is 0 Å². The first-order valence-corrected chi connectivity index (χ1v) is 6.74. The molecule has 1 aliphatic heterocycles. The minimum atomic E-state index is 0.485. The summed E-state index contributed by atoms with van der Waals surface area (Å²) in [6, 6.07) is 8.62. The van der Waals surface area contributed by atoms with Gasteiger partial charge in [0.2, 0.25) is 5.95 Å². The van der Waals surface area contributed by atoms with Crippen molar-refractivity contribution in [3.05, 3.63) is 24.3 Å². The summed E-state index contributed by atoms with van der Waals surface area (Å²) < 4.78 is 2.13. The minimum absolute atomic E-state index is 0.485. The number of hydrogen-bond acceptors (Lipinski definition) is 4. The van der Waals surface area contributed by atoms with E-state index in [1.807, 2.05) is 18.2 Å². The third kappa shape index (κ3) is 2.31. The molecule has 0 amide bonds. The standard InChI is InChI=1S/C14H21N5/c1-17-7-8-18(2)11(9-17)10-19-13-6-4-3-5-12(13)16-14(19)15/h3-6,11H,7-10H2,1-2H3,(H2,15,16). The molecule has 2 N–H and O–H groups in total. The van der Waals surface area contributed by atoms with E-state index in [1.54, 1.807) is 0 Å². The van der Waals surface area contributed by atoms with Crippen molar-refractivity contribution in [2.75, 3.05) is 39.5 Å². The van der Waals surface area contributed by atoms with Crippen molar-refractivity contribution in [1.82, 2.24) is 19.4 Å². The molecular weight excluding hydrogens is 238 g/mol. The van der Waals surface area contributed by atoms with E-state index >= 15 is 0 Å². The van der Waals surface area contributed by atoms with Gasteiger partial charge in [-0.25, -0.2) is 4.98 Å². The highest BCUT2D eigenvalue weighted by Gasteiger charge is 2.23. The molecule has 2 aromatic rings. The van der Waals surface area contributed by atoms with Gasteiger partial charge in [0.15, 0.2) is 0 Å². The zero-order chi connectivity index (χ0) is 13.4. The van der Waals surface area contributed by atoms with Gasteiger partial charge in [-0.1, -0.05) is 12.1 Å². The van der Waals surface area contributed by atoms with Gasteiger partial charge in [0.1, 0.15) is 0 Å². The number of piperazine rings is 1. The average Bonchev–Trinajstić information content (AvgIpc) is 2.71. The number of benzene rings is 1. The van der Waals surface area contributed by atoms with Crippen molar-refractivity contribution in [2.45, 2.75) is 12.6 Å². The molecule has 19 heavy (non-hydrogen) atoms. The second kappa shape index (κ2) is 4.83. The molecule has 0 aliphatic carbocycles. The summed E-state index contributed by atoms with van der Waals surface area (Å²) in [7, 11) is 4.36. The smallest absolute Gasteiger partial charge is 0.201 e. The van der Waals surface area contributed by atoms with Crippen LogP contribution in [-0.4, -0.2) is 59.1 Å². The number of aromatic nitrogens is 2. The van der Waals surface area contributed by atoms with Gasteiger partial charge in [0, 0.05) is 32.2 Å². The van der Waals surface area contributed by atoms with E-state index < -0.39 is 0 Å². The van der Waals surface area contributed by atoms with Crippen LogP contribution in [0.1, 0.15) is 0 Å². The fraction of sp³-hybridized carbons (Fsp3) is 0.500. The molecule has 1 saturated heterocycles. The number of anilines is 1. The summed E-state index contributed by atoms with van der Waals surface area (Å²) in [6.07, 6.45) is 0. The van der Waals surface area contributed by atoms with Crippen LogP contribution in [0.2, 0.25) is 0 Å². The largest absolute Gasteiger partial charge is 0.369 e. The van der Waals surface area contributed by atoms with E-state index in [2.05, 4.69) is 39.5 Å². The first kappa shape index (κ1) is 12.4. The Balaban J connectivity index is 1.90. The number of nitrogens with two attached hydrogens (primary N) is 1. The molecule has 0 spiro atoms. The minimum Gasteiger partial charge on any atom is -0.369 e. The molecule has 5 heteroatoms. The van der Waals surface area contributed by atoms with Crippen LogP contribution in [-0.2, 0) is 6.54 Å². The number of hydrogen-bond donors (Lipinski definition) is 1. The molecule has 102 valence electrons. The van der Waals surface area contributed by atoms with Gasteiger partial charge in [0.05, 0.1) is 11.0 Å². The second-order valence-electron chi connectivity index (χ2n) is 5.47. The Morgan fingerprint density at radius 2 is 2.05 bits per heavy atom. The number of fused-ring (bicyclic) bond motifs is 1. The molecule has 1 fully saturated rings. The molecule has 1 aromatic carbocycles. The number of imidazole rings is 1. The Labute approximate surface area is 113 Å². The van der Waals surface area contributed by atoms with Crippen LogP contribution in [0.15, 0.2) is 24.3 Å². The third-order valence-electron chi connectivity index (χ3n) is 4.06. The lowest BCUT2D eigenvalue weighted by Gasteiger charge is -2.38. The zero-order valence-corrected chi connectivity index (χ0v) is 11.6. The number of nitrogen functional groups attached to an aromatic ring is 1. The normalized spacial score (nSPS) is 22.1. The molecule has 0 bridgehead atoms. The highest BCUT2D eigenvalue weighted by atomic mass is 15.3. The lowest BCUT2D eigenvalue weighted by molar-refractivity contribution is 0.104. The SMILES string of the molecule is CN1CCN(C)C(Cn2c(N)nc3ccccc32)C1. The Kier molecular flexibility index (Phi) is 3.16. The van der Waals surface area contributed by atoms with E-state index in [-0.39, 0.29) is 0 Å². The highest BCUT2D eigenvalue weighted by molar-refractivity contribution is 5.78. The van der Waals surface area contributed by atoms with E-state index in [1.165, 1.54) is 0 Å². The molecule has 2 heterocycles. The predicted octanol–water partition coefficient (Wildman–Crippen LogP) is 0.864. The van der Waals surface area contributed by atoms with Crippen molar-refractivity contribution in [1.29, 1.82) is 0 Å². The van der Waals surface area contributed by atoms with E-state index in [0.29, 0.717) is 12.0 Å². The van der Waals surface area contributed by atoms with Crippen LogP contribution < -0.4 is 5.73 Å². The summed E-state index contributed by atoms with van der Waals surface area (Å²) in [6.45, 7) is 4.20. The van der Waals surface area contributed by atoms with Crippen LogP contribution in [0.25, 0.3) is 11.0 Å². The molecule has 5 nitrogen and oxygen atoms in total. The summed E-state index contributed by atoms with van der Waals surface area (Å²) in [4.78, 5) is 9.22. The van der Waals surface area contributed by atoms with Gasteiger partial charge in [-0.15, -0.1) is 0 Å².